The molecule has 0 spiro atoms. The van der Waals surface area contributed by atoms with Crippen molar-refractivity contribution in [2.24, 2.45) is 0 Å². The van der Waals surface area contributed by atoms with Crippen molar-refractivity contribution in [2.75, 3.05) is 7.11 Å². The van der Waals surface area contributed by atoms with Crippen molar-refractivity contribution in [3.05, 3.63) is 53.6 Å². The Morgan fingerprint density at radius 3 is 2.29 bits per heavy atom. The van der Waals surface area contributed by atoms with Crippen molar-refractivity contribution in [1.82, 2.24) is 0 Å². The van der Waals surface area contributed by atoms with E-state index in [0.717, 1.165) is 0 Å². The summed E-state index contributed by atoms with van der Waals surface area (Å²) in [6.45, 7) is 1.66. The van der Waals surface area contributed by atoms with E-state index < -0.39 is 18.1 Å². The normalized spacial score (nSPS) is 11.0. The molecule has 0 aromatic heterocycles. The van der Waals surface area contributed by atoms with Gasteiger partial charge in [-0.15, -0.1) is 13.2 Å². The number of alkyl halides is 3. The van der Waals surface area contributed by atoms with Gasteiger partial charge in [0.2, 0.25) is 0 Å². The standard InChI is InChI=1S/C17H15F3O4/c1-3-11-7-6-8-12(15(11)24-17(18,19)20)16(21)23-14-10-5-4-9-13(14)22-2/h4-10H,3H2,1-2H3. The third kappa shape index (κ3) is 4.18. The number of halogens is 3. The smallest absolute Gasteiger partial charge is 0.493 e. The van der Waals surface area contributed by atoms with Crippen LogP contribution in [0.1, 0.15) is 22.8 Å². The third-order valence-corrected chi connectivity index (χ3v) is 3.19. The van der Waals surface area contributed by atoms with E-state index in [9.17, 15) is 18.0 Å². The van der Waals surface area contributed by atoms with Gasteiger partial charge in [-0.25, -0.2) is 4.79 Å². The van der Waals surface area contributed by atoms with Gasteiger partial charge in [0.05, 0.1) is 7.11 Å². The van der Waals surface area contributed by atoms with E-state index in [1.807, 2.05) is 0 Å². The molecule has 4 nitrogen and oxygen atoms in total. The van der Waals surface area contributed by atoms with E-state index in [1.165, 1.54) is 31.4 Å². The van der Waals surface area contributed by atoms with E-state index in [-0.39, 0.29) is 29.0 Å². The first kappa shape index (κ1) is 17.7. The summed E-state index contributed by atoms with van der Waals surface area (Å²) >= 11 is 0. The summed E-state index contributed by atoms with van der Waals surface area (Å²) < 4.78 is 52.2. The van der Waals surface area contributed by atoms with Gasteiger partial charge in [0.25, 0.3) is 0 Å². The van der Waals surface area contributed by atoms with E-state index in [4.69, 9.17) is 9.47 Å². The summed E-state index contributed by atoms with van der Waals surface area (Å²) in [5.41, 5.74) is -0.0561. The quantitative estimate of drug-likeness (QED) is 0.599. The van der Waals surface area contributed by atoms with Crippen LogP contribution < -0.4 is 14.2 Å². The number of rotatable bonds is 5. The Morgan fingerprint density at radius 1 is 1.04 bits per heavy atom. The lowest BCUT2D eigenvalue weighted by Crippen LogP contribution is -2.21. The van der Waals surface area contributed by atoms with Crippen LogP contribution in [0.3, 0.4) is 0 Å². The first-order chi connectivity index (χ1) is 11.4. The molecule has 2 aromatic rings. The number of benzene rings is 2. The fourth-order valence-electron chi connectivity index (χ4n) is 2.12. The predicted molar refractivity (Wildman–Crippen MR) is 80.5 cm³/mol. The molecule has 0 N–H and O–H groups in total. The maximum Gasteiger partial charge on any atom is 0.573 e. The zero-order valence-corrected chi connectivity index (χ0v) is 13.0. The molecule has 0 aliphatic carbocycles. The van der Waals surface area contributed by atoms with Crippen molar-refractivity contribution in [3.63, 3.8) is 0 Å². The van der Waals surface area contributed by atoms with Gasteiger partial charge in [-0.3, -0.25) is 0 Å². The zero-order chi connectivity index (χ0) is 17.7. The van der Waals surface area contributed by atoms with Gasteiger partial charge in [0.15, 0.2) is 11.5 Å². The SMILES string of the molecule is CCc1cccc(C(=O)Oc2ccccc2OC)c1OC(F)(F)F. The Balaban J connectivity index is 2.38. The maximum absolute atomic E-state index is 12.7. The third-order valence-electron chi connectivity index (χ3n) is 3.19. The molecule has 0 unspecified atom stereocenters. The lowest BCUT2D eigenvalue weighted by molar-refractivity contribution is -0.275. The number of hydrogen-bond acceptors (Lipinski definition) is 4. The predicted octanol–water partition coefficient (Wildman–Crippen LogP) is 4.38. The number of carbonyl (C=O) groups excluding carboxylic acids is 1. The molecule has 7 heteroatoms. The number of carbonyl (C=O) groups is 1. The van der Waals surface area contributed by atoms with Gasteiger partial charge < -0.3 is 14.2 Å². The Morgan fingerprint density at radius 2 is 1.71 bits per heavy atom. The molecule has 0 fully saturated rings. The minimum absolute atomic E-state index is 0.102. The molecule has 2 rings (SSSR count). The minimum atomic E-state index is -4.91. The molecule has 0 saturated heterocycles. The largest absolute Gasteiger partial charge is 0.573 e. The molecule has 24 heavy (non-hydrogen) atoms. The van der Waals surface area contributed by atoms with Gasteiger partial charge in [-0.1, -0.05) is 31.2 Å². The molecular formula is C17H15F3O4. The van der Waals surface area contributed by atoms with Gasteiger partial charge in [-0.05, 0) is 30.2 Å². The number of ether oxygens (including phenoxy) is 3. The molecule has 128 valence electrons. The molecule has 0 aliphatic heterocycles. The van der Waals surface area contributed by atoms with E-state index in [2.05, 4.69) is 4.74 Å². The van der Waals surface area contributed by atoms with Crippen molar-refractivity contribution in [2.45, 2.75) is 19.7 Å². The van der Waals surface area contributed by atoms with Gasteiger partial charge in [-0.2, -0.15) is 0 Å². The monoisotopic (exact) mass is 340 g/mol. The molecule has 2 aromatic carbocycles. The Kier molecular flexibility index (Phi) is 5.33. The average molecular weight is 340 g/mol. The lowest BCUT2D eigenvalue weighted by atomic mass is 10.1. The number of methoxy groups -OCH3 is 1. The topological polar surface area (TPSA) is 44.8 Å². The first-order valence-corrected chi connectivity index (χ1v) is 7.08. The van der Waals surface area contributed by atoms with Crippen molar-refractivity contribution >= 4 is 5.97 Å². The molecule has 0 atom stereocenters. The minimum Gasteiger partial charge on any atom is -0.493 e. The van der Waals surface area contributed by atoms with Crippen LogP contribution in [-0.2, 0) is 6.42 Å². The van der Waals surface area contributed by atoms with Gasteiger partial charge in [0, 0.05) is 0 Å². The molecule has 0 heterocycles. The molecule has 0 bridgehead atoms. The fraction of sp³-hybridized carbons (Fsp3) is 0.235. The van der Waals surface area contributed by atoms with Crippen LogP contribution >= 0.6 is 0 Å². The molecule has 0 radical (unpaired) electrons. The number of aryl methyl sites for hydroxylation is 1. The summed E-state index contributed by atoms with van der Waals surface area (Å²) in [5, 5.41) is 0. The second kappa shape index (κ2) is 7.25. The highest BCUT2D eigenvalue weighted by atomic mass is 19.4. The molecule has 0 amide bonds. The fourth-order valence-corrected chi connectivity index (χ4v) is 2.12. The lowest BCUT2D eigenvalue weighted by Gasteiger charge is -2.16. The highest BCUT2D eigenvalue weighted by molar-refractivity contribution is 5.94. The van der Waals surface area contributed by atoms with Crippen LogP contribution in [-0.4, -0.2) is 19.4 Å². The van der Waals surface area contributed by atoms with Gasteiger partial charge >= 0.3 is 12.3 Å². The zero-order valence-electron chi connectivity index (χ0n) is 13.0. The van der Waals surface area contributed by atoms with Crippen molar-refractivity contribution in [1.29, 1.82) is 0 Å². The Bertz CT molecular complexity index is 726. The molecular weight excluding hydrogens is 325 g/mol. The molecule has 0 saturated carbocycles. The highest BCUT2D eigenvalue weighted by Gasteiger charge is 2.34. The summed E-state index contributed by atoms with van der Waals surface area (Å²) in [4.78, 5) is 12.3. The average Bonchev–Trinajstić information content (AvgIpc) is 2.54. The number of para-hydroxylation sites is 3. The second-order valence-electron chi connectivity index (χ2n) is 4.74. The van der Waals surface area contributed by atoms with Gasteiger partial charge in [0.1, 0.15) is 11.3 Å². The number of hydrogen-bond donors (Lipinski definition) is 0. The maximum atomic E-state index is 12.7. The van der Waals surface area contributed by atoms with Crippen LogP contribution in [0.2, 0.25) is 0 Å². The van der Waals surface area contributed by atoms with Crippen LogP contribution in [0.5, 0.6) is 17.2 Å². The number of esters is 1. The summed E-state index contributed by atoms with van der Waals surface area (Å²) in [6.07, 6.45) is -4.65. The Labute approximate surface area is 136 Å². The van der Waals surface area contributed by atoms with E-state index in [0.29, 0.717) is 0 Å². The first-order valence-electron chi connectivity index (χ1n) is 7.08. The second-order valence-corrected chi connectivity index (χ2v) is 4.74. The summed E-state index contributed by atoms with van der Waals surface area (Å²) in [6, 6.07) is 10.5. The Hall–Kier alpha value is -2.70. The van der Waals surface area contributed by atoms with Crippen LogP contribution in [0, 0.1) is 0 Å². The summed E-state index contributed by atoms with van der Waals surface area (Å²) in [7, 11) is 1.39. The van der Waals surface area contributed by atoms with Crippen LogP contribution in [0.15, 0.2) is 42.5 Å². The summed E-state index contributed by atoms with van der Waals surface area (Å²) in [5.74, 6) is -1.12. The van der Waals surface area contributed by atoms with Crippen molar-refractivity contribution < 1.29 is 32.2 Å². The highest BCUT2D eigenvalue weighted by Crippen LogP contribution is 2.33. The van der Waals surface area contributed by atoms with E-state index >= 15 is 0 Å². The molecule has 0 aliphatic rings. The van der Waals surface area contributed by atoms with Crippen LogP contribution in [0.25, 0.3) is 0 Å². The van der Waals surface area contributed by atoms with E-state index in [1.54, 1.807) is 25.1 Å². The van der Waals surface area contributed by atoms with Crippen LogP contribution in [0.4, 0.5) is 13.2 Å². The van der Waals surface area contributed by atoms with Crippen molar-refractivity contribution in [3.8, 4) is 17.2 Å².